The minimum Gasteiger partial charge on any atom is -0.504 e. The summed E-state index contributed by atoms with van der Waals surface area (Å²) < 4.78 is 33.0. The molecule has 0 radical (unpaired) electrons. The number of aliphatic hydroxyl groups excluding tert-OH is 1. The van der Waals surface area contributed by atoms with Crippen molar-refractivity contribution < 1.29 is 48.1 Å². The molecule has 10 rings (SSSR count). The molecule has 1 saturated heterocycles. The molecule has 0 saturated carbocycles. The van der Waals surface area contributed by atoms with Crippen LogP contribution in [-0.2, 0) is 20.7 Å². The van der Waals surface area contributed by atoms with Gasteiger partial charge in [0, 0.05) is 71.3 Å². The number of phenols is 1. The fourth-order valence-corrected chi connectivity index (χ4v) is 11.0. The maximum Gasteiger partial charge on any atom is 0.324 e. The Hall–Kier alpha value is -4.96. The van der Waals surface area contributed by atoms with Crippen LogP contribution < -0.4 is 29.6 Å². The van der Waals surface area contributed by atoms with Crippen molar-refractivity contribution in [3.8, 4) is 28.7 Å². The predicted molar refractivity (Wildman–Crippen MR) is 205 cm³/mol. The number of aliphatic hydroxyl groups is 1. The molecule has 1 aromatic heterocycles. The molecule has 14 nitrogen and oxygen atoms in total. The highest BCUT2D eigenvalue weighted by Crippen LogP contribution is 2.61. The molecule has 3 aromatic carbocycles. The van der Waals surface area contributed by atoms with Gasteiger partial charge in [-0.25, -0.2) is 0 Å². The molecule has 0 spiro atoms. The van der Waals surface area contributed by atoms with E-state index in [0.717, 1.165) is 51.8 Å². The highest BCUT2D eigenvalue weighted by Gasteiger charge is 2.53. The molecule has 5 atom stereocenters. The quantitative estimate of drug-likeness (QED) is 0.111. The molecule has 55 heavy (non-hydrogen) atoms. The van der Waals surface area contributed by atoms with Gasteiger partial charge in [0.25, 0.3) is 0 Å². The van der Waals surface area contributed by atoms with E-state index < -0.39 is 18.5 Å². The first-order chi connectivity index (χ1) is 26.7. The van der Waals surface area contributed by atoms with Crippen LogP contribution in [0.15, 0.2) is 30.3 Å². The van der Waals surface area contributed by atoms with Crippen molar-refractivity contribution in [2.24, 2.45) is 0 Å². The molecule has 6 aliphatic heterocycles. The van der Waals surface area contributed by atoms with E-state index in [1.165, 1.54) is 12.5 Å². The minimum absolute atomic E-state index is 0.0543. The number of aryl methyl sites for hydroxylation is 1. The molecule has 288 valence electrons. The summed E-state index contributed by atoms with van der Waals surface area (Å²) in [4.78, 5) is 31.0. The van der Waals surface area contributed by atoms with E-state index in [0.29, 0.717) is 53.1 Å². The second-order valence-electron chi connectivity index (χ2n) is 14.6. The fraction of sp³-hybridized carbons (Fsp3) is 0.425. The number of aromatic hydroxyl groups is 1. The number of thioether (sulfide) groups is 1. The summed E-state index contributed by atoms with van der Waals surface area (Å²) in [6.45, 7) is 7.05. The first-order valence-corrected chi connectivity index (χ1v) is 19.6. The van der Waals surface area contributed by atoms with Gasteiger partial charge in [-0.3, -0.25) is 14.5 Å². The van der Waals surface area contributed by atoms with Crippen molar-refractivity contribution in [2.75, 3.05) is 57.8 Å². The zero-order valence-corrected chi connectivity index (χ0v) is 31.9. The van der Waals surface area contributed by atoms with Gasteiger partial charge in [0.1, 0.15) is 19.0 Å². The Balaban J connectivity index is 1.22. The lowest BCUT2D eigenvalue weighted by Gasteiger charge is -2.53. The molecule has 0 aliphatic carbocycles. The van der Waals surface area contributed by atoms with Gasteiger partial charge in [-0.15, -0.1) is 11.8 Å². The van der Waals surface area contributed by atoms with Crippen LogP contribution in [0.1, 0.15) is 69.4 Å². The van der Waals surface area contributed by atoms with Crippen LogP contribution in [0.25, 0.3) is 10.9 Å². The predicted octanol–water partition coefficient (Wildman–Crippen LogP) is 4.30. The van der Waals surface area contributed by atoms with Crippen LogP contribution in [0.3, 0.4) is 0 Å². The molecule has 15 heteroatoms. The van der Waals surface area contributed by atoms with E-state index in [9.17, 15) is 19.8 Å². The molecular weight excluding hydrogens is 727 g/mol. The lowest BCUT2D eigenvalue weighted by atomic mass is 9.79. The monoisotopic (exact) mass is 770 g/mol. The molecule has 6 aliphatic rings. The summed E-state index contributed by atoms with van der Waals surface area (Å²) in [6, 6.07) is 8.71. The molecule has 2 bridgehead atoms. The maximum atomic E-state index is 12.9. The Labute approximate surface area is 321 Å². The molecule has 4 aromatic rings. The summed E-state index contributed by atoms with van der Waals surface area (Å²) in [5.74, 6) is 1.93. The Morgan fingerprint density at radius 3 is 2.76 bits per heavy atom. The number of fused-ring (bicyclic) bond motifs is 7. The van der Waals surface area contributed by atoms with Crippen molar-refractivity contribution in [3.63, 3.8) is 0 Å². The smallest absolute Gasteiger partial charge is 0.324 e. The van der Waals surface area contributed by atoms with Gasteiger partial charge in [-0.1, -0.05) is 18.2 Å². The zero-order valence-electron chi connectivity index (χ0n) is 31.1. The normalized spacial score (nSPS) is 24.0. The van der Waals surface area contributed by atoms with Gasteiger partial charge in [0.05, 0.1) is 35.9 Å². The first-order valence-electron chi connectivity index (χ1n) is 18.6. The van der Waals surface area contributed by atoms with Crippen molar-refractivity contribution in [3.05, 3.63) is 69.4 Å². The number of anilines is 1. The number of aromatic nitrogens is 1. The number of phenolic OH excluding ortho intramolecular Hbond substituents is 1. The van der Waals surface area contributed by atoms with E-state index in [4.69, 9.17) is 23.7 Å². The van der Waals surface area contributed by atoms with Gasteiger partial charge in [0.2, 0.25) is 18.7 Å². The second-order valence-corrected chi connectivity index (χ2v) is 15.8. The maximum absolute atomic E-state index is 12.9. The molecule has 7 heterocycles. The van der Waals surface area contributed by atoms with Crippen LogP contribution in [0.5, 0.6) is 28.7 Å². The molecule has 1 fully saturated rings. The van der Waals surface area contributed by atoms with E-state index in [1.807, 2.05) is 50.6 Å². The number of nitrogens with zero attached hydrogens (tertiary/aromatic N) is 2. The highest BCUT2D eigenvalue weighted by molar-refractivity contribution is 7.99. The first kappa shape index (κ1) is 35.7. The van der Waals surface area contributed by atoms with Crippen LogP contribution in [0, 0.1) is 13.8 Å². The number of esters is 1. The zero-order chi connectivity index (χ0) is 38.1. The summed E-state index contributed by atoms with van der Waals surface area (Å²) in [5.41, 5.74) is 7.78. The average molecular weight is 771 g/mol. The number of nitrogens with one attached hydrogen (secondary N) is 3. The van der Waals surface area contributed by atoms with E-state index in [2.05, 4.69) is 25.1 Å². The largest absolute Gasteiger partial charge is 0.504 e. The third-order valence-electron chi connectivity index (χ3n) is 11.6. The number of hydrogen-bond acceptors (Lipinski definition) is 12. The molecule has 1 amide bonds. The molecule has 5 unspecified atom stereocenters. The van der Waals surface area contributed by atoms with Crippen molar-refractivity contribution in [1.82, 2.24) is 15.2 Å². The number of carbonyl (C=O) groups excluding carboxylic acids is 2. The Morgan fingerprint density at radius 1 is 1.13 bits per heavy atom. The third-order valence-corrected chi connectivity index (χ3v) is 13.0. The van der Waals surface area contributed by atoms with Crippen LogP contribution in [0.4, 0.5) is 5.69 Å². The number of hydrogen-bond donors (Lipinski definition) is 5. The van der Waals surface area contributed by atoms with Gasteiger partial charge < -0.3 is 49.5 Å². The number of ether oxygens (including phenoxy) is 5. The number of benzene rings is 3. The standard InChI is InChI=1S/C40H43N5O9S/c1-19-5-7-25(35(49)36(19)50-4)33-34-40-31-30(39-38(52-18-53-39)20(2)37(31)54-21(3)47)27(45(34)12-10-41-33)15-51-17-44-11-9-24-23-8-6-22(42-29(48)14-46)13-26(23)43-32(24)28(44)16-55-40/h5-8,13,17,27-28,33-34,40-41,43,46H,9-12,14-16,18H2,1-4H3,(H-,42,48,49)/p+1. The van der Waals surface area contributed by atoms with Gasteiger partial charge >= 0.3 is 12.4 Å². The Kier molecular flexibility index (Phi) is 9.07. The van der Waals surface area contributed by atoms with Gasteiger partial charge in [0.15, 0.2) is 29.5 Å². The second kappa shape index (κ2) is 14.0. The van der Waals surface area contributed by atoms with Crippen LogP contribution >= 0.6 is 11.8 Å². The summed E-state index contributed by atoms with van der Waals surface area (Å²) in [7, 11) is 1.57. The molecular formula is C40H44N5O9S+. The van der Waals surface area contributed by atoms with Crippen molar-refractivity contribution in [2.45, 2.75) is 56.6 Å². The third kappa shape index (κ3) is 5.78. The van der Waals surface area contributed by atoms with E-state index in [1.54, 1.807) is 18.9 Å². The van der Waals surface area contributed by atoms with Gasteiger partial charge in [-0.05, 0) is 37.1 Å². The number of piperazine rings is 1. The highest BCUT2D eigenvalue weighted by atomic mass is 32.2. The van der Waals surface area contributed by atoms with Crippen molar-refractivity contribution >= 4 is 46.6 Å². The number of H-pyrrole nitrogens is 1. The lowest BCUT2D eigenvalue weighted by molar-refractivity contribution is -0.574. The Morgan fingerprint density at radius 2 is 1.96 bits per heavy atom. The van der Waals surface area contributed by atoms with Crippen LogP contribution in [0.2, 0.25) is 0 Å². The number of carbonyl (C=O) groups is 2. The summed E-state index contributed by atoms with van der Waals surface area (Å²) in [6.07, 6.45) is 2.64. The van der Waals surface area contributed by atoms with Gasteiger partial charge in [-0.2, -0.15) is 4.58 Å². The average Bonchev–Trinajstić information content (AvgIpc) is 3.80. The molecule has 5 N–H and O–H groups in total. The lowest BCUT2D eigenvalue weighted by Crippen LogP contribution is -2.59. The Bertz CT molecular complexity index is 2270. The number of amides is 1. The van der Waals surface area contributed by atoms with Crippen LogP contribution in [-0.4, -0.2) is 101 Å². The number of methoxy groups -OCH3 is 1. The van der Waals surface area contributed by atoms with E-state index >= 15 is 0 Å². The number of rotatable bonds is 5. The fourth-order valence-electron chi connectivity index (χ4n) is 9.31. The SMILES string of the molecule is COc1c(C)ccc(C2NCCN3C4COC=[N+]5CCc6c([nH]c7cc(NC(=O)CO)ccc67)C5CSC(c5c(OC(C)=O)c(C)c6c(c54)OCO6)C23)c1O. The summed E-state index contributed by atoms with van der Waals surface area (Å²) >= 11 is 1.78. The number of aromatic amines is 1. The van der Waals surface area contributed by atoms with E-state index in [-0.39, 0.29) is 48.6 Å². The summed E-state index contributed by atoms with van der Waals surface area (Å²) in [5, 5.41) is 28.3. The topological polar surface area (TPSA) is 167 Å². The minimum atomic E-state index is -0.596. The van der Waals surface area contributed by atoms with Crippen molar-refractivity contribution in [1.29, 1.82) is 0 Å².